The number of carbonyl (C=O) groups excluding carboxylic acids is 2. The highest BCUT2D eigenvalue weighted by molar-refractivity contribution is 5.94. The van der Waals surface area contributed by atoms with Gasteiger partial charge in [-0.05, 0) is 43.7 Å². The summed E-state index contributed by atoms with van der Waals surface area (Å²) in [7, 11) is 1.79. The van der Waals surface area contributed by atoms with Crippen LogP contribution in [0.1, 0.15) is 36.0 Å². The Kier molecular flexibility index (Phi) is 6.15. The Balaban J connectivity index is 1.25. The zero-order valence-electron chi connectivity index (χ0n) is 17.4. The quantitative estimate of drug-likeness (QED) is 0.786. The number of piperidine rings is 1. The molecule has 0 bridgehead atoms. The lowest BCUT2D eigenvalue weighted by molar-refractivity contribution is 0.0938. The van der Waals surface area contributed by atoms with E-state index in [1.165, 1.54) is 0 Å². The van der Waals surface area contributed by atoms with Gasteiger partial charge >= 0.3 is 6.03 Å². The Labute approximate surface area is 176 Å². The number of carbonyl (C=O) groups is 2. The Hall–Kier alpha value is -3.10. The minimum atomic E-state index is -0.103. The van der Waals surface area contributed by atoms with Crippen molar-refractivity contribution in [3.8, 4) is 0 Å². The number of pyridine rings is 1. The number of nitrogens with zero attached hydrogens (tertiary/aromatic N) is 5. The van der Waals surface area contributed by atoms with Crippen molar-refractivity contribution in [2.75, 3.05) is 42.9 Å². The summed E-state index contributed by atoms with van der Waals surface area (Å²) in [4.78, 5) is 33.5. The minimum Gasteiger partial charge on any atom is -0.355 e. The van der Waals surface area contributed by atoms with Gasteiger partial charge in [-0.2, -0.15) is 5.10 Å². The molecular weight excluding hydrogens is 382 g/mol. The van der Waals surface area contributed by atoms with Crippen molar-refractivity contribution >= 4 is 23.4 Å². The van der Waals surface area contributed by atoms with E-state index in [9.17, 15) is 9.59 Å². The molecule has 2 saturated heterocycles. The van der Waals surface area contributed by atoms with Gasteiger partial charge in [0.1, 0.15) is 0 Å². The van der Waals surface area contributed by atoms with Gasteiger partial charge in [0.2, 0.25) is 0 Å². The van der Waals surface area contributed by atoms with E-state index in [0.717, 1.165) is 50.3 Å². The Bertz CT molecular complexity index is 883. The number of hydrogen-bond donors (Lipinski definition) is 2. The third-order valence-electron chi connectivity index (χ3n) is 5.85. The highest BCUT2D eigenvalue weighted by atomic mass is 16.2. The largest absolute Gasteiger partial charge is 0.355 e. The second-order valence-electron chi connectivity index (χ2n) is 8.04. The second-order valence-corrected chi connectivity index (χ2v) is 8.04. The van der Waals surface area contributed by atoms with Crippen LogP contribution in [0.3, 0.4) is 0 Å². The van der Waals surface area contributed by atoms with Crippen LogP contribution in [-0.2, 0) is 7.05 Å². The molecule has 30 heavy (non-hydrogen) atoms. The van der Waals surface area contributed by atoms with Gasteiger partial charge in [0, 0.05) is 52.2 Å². The third kappa shape index (κ3) is 4.72. The molecule has 3 amide bonds. The summed E-state index contributed by atoms with van der Waals surface area (Å²) in [6, 6.07) is 3.69. The van der Waals surface area contributed by atoms with Gasteiger partial charge in [-0.3, -0.25) is 9.48 Å². The summed E-state index contributed by atoms with van der Waals surface area (Å²) in [6.07, 6.45) is 9.10. The monoisotopic (exact) mass is 411 g/mol. The lowest BCUT2D eigenvalue weighted by Crippen LogP contribution is -2.43. The van der Waals surface area contributed by atoms with Gasteiger partial charge in [0.05, 0.1) is 17.4 Å². The van der Waals surface area contributed by atoms with Crippen LogP contribution in [0.25, 0.3) is 0 Å². The highest BCUT2D eigenvalue weighted by Crippen LogP contribution is 2.27. The van der Waals surface area contributed by atoms with E-state index in [1.807, 2.05) is 17.0 Å². The highest BCUT2D eigenvalue weighted by Gasteiger charge is 2.25. The van der Waals surface area contributed by atoms with Gasteiger partial charge in [0.15, 0.2) is 5.82 Å². The molecule has 0 aliphatic carbocycles. The van der Waals surface area contributed by atoms with Crippen molar-refractivity contribution in [3.05, 3.63) is 36.3 Å². The van der Waals surface area contributed by atoms with Gasteiger partial charge in [-0.25, -0.2) is 9.78 Å². The van der Waals surface area contributed by atoms with Crippen LogP contribution in [0.2, 0.25) is 0 Å². The molecule has 160 valence electrons. The molecule has 9 heteroatoms. The number of likely N-dealkylation sites (tertiary alicyclic amines) is 1. The maximum atomic E-state index is 12.8. The van der Waals surface area contributed by atoms with Crippen LogP contribution < -0.4 is 15.5 Å². The predicted molar refractivity (Wildman–Crippen MR) is 115 cm³/mol. The fraction of sp³-hybridized carbons (Fsp3) is 0.524. The smallest absolute Gasteiger partial charge is 0.321 e. The van der Waals surface area contributed by atoms with Crippen molar-refractivity contribution in [2.24, 2.45) is 13.0 Å². The average Bonchev–Trinajstić information content (AvgIpc) is 3.45. The molecule has 0 saturated carbocycles. The first-order chi connectivity index (χ1) is 14.6. The summed E-state index contributed by atoms with van der Waals surface area (Å²) in [5, 5.41) is 10.1. The van der Waals surface area contributed by atoms with Crippen molar-refractivity contribution in [2.45, 2.75) is 25.7 Å². The minimum absolute atomic E-state index is 0.0821. The molecule has 0 atom stereocenters. The molecule has 2 aliphatic heterocycles. The number of anilines is 2. The molecule has 2 aromatic heterocycles. The fourth-order valence-corrected chi connectivity index (χ4v) is 4.09. The van der Waals surface area contributed by atoms with Gasteiger partial charge < -0.3 is 20.4 Å². The number of amides is 3. The van der Waals surface area contributed by atoms with E-state index < -0.39 is 0 Å². The molecule has 2 N–H and O–H groups in total. The van der Waals surface area contributed by atoms with E-state index in [2.05, 4.69) is 25.6 Å². The van der Waals surface area contributed by atoms with Gasteiger partial charge in [0.25, 0.3) is 5.91 Å². The van der Waals surface area contributed by atoms with Crippen molar-refractivity contribution in [1.82, 2.24) is 25.0 Å². The maximum Gasteiger partial charge on any atom is 0.321 e. The molecule has 4 rings (SSSR count). The first-order valence-corrected chi connectivity index (χ1v) is 10.6. The zero-order valence-corrected chi connectivity index (χ0v) is 17.4. The van der Waals surface area contributed by atoms with Crippen LogP contribution in [0.15, 0.2) is 30.7 Å². The van der Waals surface area contributed by atoms with Crippen LogP contribution in [-0.4, -0.2) is 64.3 Å². The molecule has 2 aromatic rings. The fourth-order valence-electron chi connectivity index (χ4n) is 4.09. The number of hydrogen-bond acceptors (Lipinski definition) is 5. The Morgan fingerprint density at radius 3 is 2.63 bits per heavy atom. The molecule has 0 aromatic carbocycles. The number of rotatable bonds is 5. The van der Waals surface area contributed by atoms with Crippen molar-refractivity contribution < 1.29 is 9.59 Å². The van der Waals surface area contributed by atoms with Gasteiger partial charge in [-0.1, -0.05) is 0 Å². The summed E-state index contributed by atoms with van der Waals surface area (Å²) in [5.74, 6) is 1.12. The molecule has 4 heterocycles. The molecule has 0 spiro atoms. The molecule has 0 unspecified atom stereocenters. The predicted octanol–water partition coefficient (Wildman–Crippen LogP) is 2.09. The van der Waals surface area contributed by atoms with Crippen LogP contribution in [0.5, 0.6) is 0 Å². The molecular formula is C21H29N7O2. The molecule has 9 nitrogen and oxygen atoms in total. The maximum absolute atomic E-state index is 12.8. The first kappa shape index (κ1) is 20.2. The van der Waals surface area contributed by atoms with E-state index in [0.29, 0.717) is 31.1 Å². The van der Waals surface area contributed by atoms with Crippen LogP contribution in [0.4, 0.5) is 16.3 Å². The number of urea groups is 1. The van der Waals surface area contributed by atoms with E-state index >= 15 is 0 Å². The molecule has 2 aliphatic rings. The van der Waals surface area contributed by atoms with Crippen LogP contribution in [0, 0.1) is 5.92 Å². The molecule has 0 radical (unpaired) electrons. The molecule has 2 fully saturated rings. The third-order valence-corrected chi connectivity index (χ3v) is 5.85. The topological polar surface area (TPSA) is 95.4 Å². The SMILES string of the molecule is Cn1cc(C(=O)NCC2CCN(C(=O)Nc3cccnc3N3CCCC3)CC2)cn1. The lowest BCUT2D eigenvalue weighted by Gasteiger charge is -2.32. The number of nitrogens with one attached hydrogen (secondary N) is 2. The number of aromatic nitrogens is 3. The normalized spacial score (nSPS) is 17.2. The lowest BCUT2D eigenvalue weighted by atomic mass is 9.97. The summed E-state index contributed by atoms with van der Waals surface area (Å²) < 4.78 is 1.61. The van der Waals surface area contributed by atoms with Gasteiger partial charge in [-0.15, -0.1) is 0 Å². The summed E-state index contributed by atoms with van der Waals surface area (Å²) >= 11 is 0. The summed E-state index contributed by atoms with van der Waals surface area (Å²) in [5.41, 5.74) is 1.34. The number of aryl methyl sites for hydroxylation is 1. The van der Waals surface area contributed by atoms with Crippen molar-refractivity contribution in [1.29, 1.82) is 0 Å². The standard InChI is InChI=1S/C21H29N7O2/c1-26-15-17(14-24-26)20(29)23-13-16-6-11-28(12-7-16)21(30)25-18-5-4-8-22-19(18)27-9-2-3-10-27/h4-5,8,14-16H,2-3,6-7,9-13H2,1H3,(H,23,29)(H,25,30). The van der Waals surface area contributed by atoms with Crippen LogP contribution >= 0.6 is 0 Å². The second kappa shape index (κ2) is 9.15. The Morgan fingerprint density at radius 1 is 1.17 bits per heavy atom. The zero-order chi connectivity index (χ0) is 20.9. The van der Waals surface area contributed by atoms with E-state index in [-0.39, 0.29) is 11.9 Å². The van der Waals surface area contributed by atoms with E-state index in [4.69, 9.17) is 0 Å². The average molecular weight is 412 g/mol. The Morgan fingerprint density at radius 2 is 1.93 bits per heavy atom. The van der Waals surface area contributed by atoms with E-state index in [1.54, 1.807) is 30.3 Å². The first-order valence-electron chi connectivity index (χ1n) is 10.6. The summed E-state index contributed by atoms with van der Waals surface area (Å²) in [6.45, 7) is 3.94. The van der Waals surface area contributed by atoms with Crippen molar-refractivity contribution in [3.63, 3.8) is 0 Å².